The first-order valence-corrected chi connectivity index (χ1v) is 9.01. The number of amides is 2. The van der Waals surface area contributed by atoms with E-state index >= 15 is 0 Å². The van der Waals surface area contributed by atoms with E-state index in [-0.39, 0.29) is 29.3 Å². The number of halogens is 3. The Hall–Kier alpha value is -3.55. The van der Waals surface area contributed by atoms with Crippen LogP contribution in [0.3, 0.4) is 0 Å². The zero-order valence-electron chi connectivity index (χ0n) is 17.0. The van der Waals surface area contributed by atoms with E-state index in [1.165, 1.54) is 31.9 Å². The van der Waals surface area contributed by atoms with E-state index in [4.69, 9.17) is 33.0 Å². The van der Waals surface area contributed by atoms with E-state index in [0.29, 0.717) is 10.9 Å². The number of anilines is 2. The SMILES string of the molecule is [B]C([B])([B])Oc1cncc(NC(=O)Nc2cnc(-n3nccn3)c(C(F)(F)F)c2)c1COC. The third kappa shape index (κ3) is 6.25. The molecule has 10 nitrogen and oxygen atoms in total. The topological polar surface area (TPSA) is 116 Å². The molecule has 3 aromatic rings. The maximum atomic E-state index is 13.5. The third-order valence-corrected chi connectivity index (χ3v) is 3.88. The molecule has 3 aromatic heterocycles. The molecule has 2 N–H and O–H groups in total. The van der Waals surface area contributed by atoms with Crippen LogP contribution in [0.25, 0.3) is 5.82 Å². The number of hydrogen-bond donors (Lipinski definition) is 2. The van der Waals surface area contributed by atoms with E-state index < -0.39 is 28.9 Å². The molecule has 3 rings (SSSR count). The molecule has 16 heteroatoms. The van der Waals surface area contributed by atoms with Gasteiger partial charge in [-0.2, -0.15) is 23.4 Å². The Labute approximate surface area is 189 Å². The number of carbonyl (C=O) groups excluding carboxylic acids is 1. The standard InChI is InChI=1S/C17H13B3F3N7O3/c1-32-8-10-12(6-24-7-13(10)33-17(18,19)20)29-15(31)28-9-4-11(16(21,22)23)14(25-5-9)30-26-2-3-27-30/h2-7H,8H2,1H3,(H2,28,29,31). The molecule has 0 aliphatic carbocycles. The lowest BCUT2D eigenvalue weighted by molar-refractivity contribution is -0.137. The highest BCUT2D eigenvalue weighted by molar-refractivity contribution is 6.58. The largest absolute Gasteiger partial charge is 0.514 e. The van der Waals surface area contributed by atoms with E-state index in [9.17, 15) is 18.0 Å². The highest BCUT2D eigenvalue weighted by Gasteiger charge is 2.36. The van der Waals surface area contributed by atoms with Gasteiger partial charge < -0.3 is 20.1 Å². The van der Waals surface area contributed by atoms with Gasteiger partial charge in [-0.05, 0) is 11.4 Å². The fraction of sp³-hybridized carbons (Fsp3) is 0.235. The first-order valence-electron chi connectivity index (χ1n) is 9.01. The van der Waals surface area contributed by atoms with Gasteiger partial charge in [0.2, 0.25) is 0 Å². The van der Waals surface area contributed by atoms with Crippen molar-refractivity contribution in [3.05, 3.63) is 48.2 Å². The molecule has 3 heterocycles. The molecule has 0 unspecified atom stereocenters. The molecule has 0 fully saturated rings. The molecule has 0 bridgehead atoms. The number of aromatic nitrogens is 5. The molecule has 0 aliphatic heterocycles. The number of pyridine rings is 2. The fourth-order valence-corrected chi connectivity index (χ4v) is 2.65. The predicted octanol–water partition coefficient (Wildman–Crippen LogP) is 1.36. The zero-order chi connectivity index (χ0) is 24.2. The summed E-state index contributed by atoms with van der Waals surface area (Å²) < 4.78 is 50.8. The molecule has 0 aromatic carbocycles. The summed E-state index contributed by atoms with van der Waals surface area (Å²) in [6.45, 7) is -0.0606. The van der Waals surface area contributed by atoms with Gasteiger partial charge in [0.25, 0.3) is 0 Å². The Morgan fingerprint density at radius 3 is 2.42 bits per heavy atom. The maximum absolute atomic E-state index is 13.5. The van der Waals surface area contributed by atoms with E-state index in [0.717, 1.165) is 6.20 Å². The van der Waals surface area contributed by atoms with Crippen molar-refractivity contribution in [2.45, 2.75) is 18.1 Å². The number of methoxy groups -OCH3 is 1. The van der Waals surface area contributed by atoms with Gasteiger partial charge in [-0.3, -0.25) is 4.98 Å². The average molecular weight is 453 g/mol. The van der Waals surface area contributed by atoms with Crippen molar-refractivity contribution in [2.24, 2.45) is 0 Å². The van der Waals surface area contributed by atoms with Gasteiger partial charge in [0, 0.05) is 12.7 Å². The molecule has 0 saturated heterocycles. The Kier molecular flexibility index (Phi) is 6.96. The summed E-state index contributed by atoms with van der Waals surface area (Å²) in [4.78, 5) is 20.8. The Morgan fingerprint density at radius 1 is 1.12 bits per heavy atom. The van der Waals surface area contributed by atoms with E-state index in [1.807, 2.05) is 0 Å². The van der Waals surface area contributed by atoms with Crippen LogP contribution in [-0.2, 0) is 17.5 Å². The second kappa shape index (κ2) is 9.52. The number of alkyl halides is 3. The number of urea groups is 1. The lowest BCUT2D eigenvalue weighted by atomic mass is 9.52. The maximum Gasteiger partial charge on any atom is 0.420 e. The zero-order valence-corrected chi connectivity index (χ0v) is 17.0. The van der Waals surface area contributed by atoms with Gasteiger partial charge in [0.15, 0.2) is 5.82 Å². The quantitative estimate of drug-likeness (QED) is 0.520. The van der Waals surface area contributed by atoms with Crippen LogP contribution in [0, 0.1) is 0 Å². The summed E-state index contributed by atoms with van der Waals surface area (Å²) in [7, 11) is 17.7. The predicted molar refractivity (Wildman–Crippen MR) is 112 cm³/mol. The van der Waals surface area contributed by atoms with Gasteiger partial charge in [0.05, 0.1) is 49.0 Å². The number of hydrogen-bond acceptors (Lipinski definition) is 7. The van der Waals surface area contributed by atoms with E-state index in [1.54, 1.807) is 0 Å². The first kappa shape index (κ1) is 24.1. The van der Waals surface area contributed by atoms with Crippen molar-refractivity contribution in [3.8, 4) is 11.6 Å². The number of carbonyl (C=O) groups is 1. The summed E-state index contributed by atoms with van der Waals surface area (Å²) in [5, 5.41) is 9.98. The van der Waals surface area contributed by atoms with Crippen molar-refractivity contribution in [1.29, 1.82) is 0 Å². The highest BCUT2D eigenvalue weighted by Crippen LogP contribution is 2.34. The van der Waals surface area contributed by atoms with Crippen LogP contribution in [0.15, 0.2) is 37.1 Å². The monoisotopic (exact) mass is 453 g/mol. The second-order valence-electron chi connectivity index (χ2n) is 6.54. The average Bonchev–Trinajstić information content (AvgIpc) is 3.23. The normalized spacial score (nSPS) is 11.8. The first-order chi connectivity index (χ1) is 15.5. The van der Waals surface area contributed by atoms with Crippen LogP contribution in [0.4, 0.5) is 29.3 Å². The van der Waals surface area contributed by atoms with Crippen molar-refractivity contribution < 1.29 is 27.4 Å². The van der Waals surface area contributed by atoms with Crippen LogP contribution in [0.2, 0.25) is 0 Å². The Morgan fingerprint density at radius 2 is 1.82 bits per heavy atom. The van der Waals surface area contributed by atoms with Crippen molar-refractivity contribution in [2.75, 3.05) is 17.7 Å². The van der Waals surface area contributed by atoms with E-state index in [2.05, 4.69) is 30.8 Å². The highest BCUT2D eigenvalue weighted by atomic mass is 19.4. The number of nitrogens with zero attached hydrogens (tertiary/aromatic N) is 5. The molecule has 0 atom stereocenters. The summed E-state index contributed by atoms with van der Waals surface area (Å²) in [6.07, 6.45) is 1.15. The molecule has 33 heavy (non-hydrogen) atoms. The van der Waals surface area contributed by atoms with Gasteiger partial charge in [-0.25, -0.2) is 9.78 Å². The van der Waals surface area contributed by atoms with Crippen molar-refractivity contribution in [1.82, 2.24) is 25.0 Å². The Bertz CT molecular complexity index is 1130. The van der Waals surface area contributed by atoms with Crippen LogP contribution in [0.5, 0.6) is 5.75 Å². The van der Waals surface area contributed by atoms with Crippen molar-refractivity contribution in [3.63, 3.8) is 0 Å². The summed E-state index contributed by atoms with van der Waals surface area (Å²) >= 11 is 0. The van der Waals surface area contributed by atoms with Gasteiger partial charge in [-0.1, -0.05) is 0 Å². The minimum Gasteiger partial charge on any atom is -0.514 e. The van der Waals surface area contributed by atoms with Gasteiger partial charge in [0.1, 0.15) is 34.9 Å². The number of nitrogens with one attached hydrogen (secondary N) is 2. The number of rotatable bonds is 7. The fourth-order valence-electron chi connectivity index (χ4n) is 2.65. The second-order valence-corrected chi connectivity index (χ2v) is 6.54. The summed E-state index contributed by atoms with van der Waals surface area (Å²) in [5.41, 5.74) is -1.01. The molecular weight excluding hydrogens is 440 g/mol. The van der Waals surface area contributed by atoms with Gasteiger partial charge >= 0.3 is 12.2 Å². The molecule has 0 aliphatic rings. The van der Waals surface area contributed by atoms with Crippen LogP contribution >= 0.6 is 0 Å². The van der Waals surface area contributed by atoms with Crippen LogP contribution in [0.1, 0.15) is 11.1 Å². The molecule has 6 radical (unpaired) electrons. The lowest BCUT2D eigenvalue weighted by Gasteiger charge is -2.25. The van der Waals surface area contributed by atoms with Gasteiger partial charge in [-0.15, -0.1) is 4.80 Å². The molecule has 2 amide bonds. The van der Waals surface area contributed by atoms with Crippen LogP contribution < -0.4 is 15.4 Å². The summed E-state index contributed by atoms with van der Waals surface area (Å²) in [5.74, 6) is -0.525. The third-order valence-electron chi connectivity index (χ3n) is 3.88. The van der Waals surface area contributed by atoms with Crippen LogP contribution in [-0.4, -0.2) is 66.9 Å². The minimum absolute atomic E-state index is 0.0271. The van der Waals surface area contributed by atoms with Crippen molar-refractivity contribution >= 4 is 40.9 Å². The smallest absolute Gasteiger partial charge is 0.420 e. The molecule has 164 valence electrons. The molecule has 0 spiro atoms. The number of ether oxygens (including phenoxy) is 2. The lowest BCUT2D eigenvalue weighted by Crippen LogP contribution is -2.38. The molecule has 0 saturated carbocycles. The Balaban J connectivity index is 1.85. The summed E-state index contributed by atoms with van der Waals surface area (Å²) in [6, 6.07) is -0.198. The molecular formula is C17H13B3F3N7O3. The minimum atomic E-state index is -4.79.